The van der Waals surface area contributed by atoms with Crippen LogP contribution < -0.4 is 5.46 Å². The summed E-state index contributed by atoms with van der Waals surface area (Å²) in [7, 11) is 0. The lowest BCUT2D eigenvalue weighted by molar-refractivity contribution is 0.214. The molecule has 4 fully saturated rings. The average Bonchev–Trinajstić information content (AvgIpc) is 3.04. The SMILES string of the molecule is Cc1cc(C)c(-c2cccc(-c3c(C)cc(C)cc3C)c2B2N(C3CCCCC3)C(=NC3CCCCC3)N2C2CCCCC2)c(C)c1. The molecule has 4 aliphatic rings. The summed E-state index contributed by atoms with van der Waals surface area (Å²) in [6, 6.07) is 18.5. The maximum absolute atomic E-state index is 5.80. The van der Waals surface area contributed by atoms with Crippen molar-refractivity contribution in [1.29, 1.82) is 0 Å². The lowest BCUT2D eigenvalue weighted by atomic mass is 9.52. The fraction of sp³-hybridized carbons (Fsp3) is 0.558. The molecule has 3 aliphatic carbocycles. The normalized spacial score (nSPS) is 20.1. The van der Waals surface area contributed by atoms with Crippen LogP contribution in [0.1, 0.15) is 130 Å². The van der Waals surface area contributed by atoms with E-state index in [2.05, 4.69) is 93.6 Å². The van der Waals surface area contributed by atoms with Crippen LogP contribution in [0.3, 0.4) is 0 Å². The second-order valence-electron chi connectivity index (χ2n) is 15.8. The standard InChI is InChI=1S/C43H58BN3/c1-29-25-31(3)40(32(4)26-29)38-23-16-24-39(41-33(5)27-30(2)28-34(41)6)42(38)44-46(36-19-12-8-13-20-36)43(45-35-17-10-7-11-18-35)47(44)37-21-14-9-15-22-37/h16,23-28,35-37H,7-15,17-22H2,1-6H3. The zero-order chi connectivity index (χ0) is 32.7. The molecule has 7 rings (SSSR count). The van der Waals surface area contributed by atoms with Crippen LogP contribution in [0.5, 0.6) is 0 Å². The highest BCUT2D eigenvalue weighted by atomic mass is 15.5. The van der Waals surface area contributed by atoms with Crippen molar-refractivity contribution in [1.82, 2.24) is 9.62 Å². The van der Waals surface area contributed by atoms with E-state index in [4.69, 9.17) is 4.99 Å². The first-order valence-corrected chi connectivity index (χ1v) is 19.3. The molecule has 0 amide bonds. The molecule has 1 saturated heterocycles. The first-order chi connectivity index (χ1) is 22.8. The highest BCUT2D eigenvalue weighted by Gasteiger charge is 2.55. The maximum atomic E-state index is 5.80. The Morgan fingerprint density at radius 3 is 1.32 bits per heavy atom. The third-order valence-electron chi connectivity index (χ3n) is 12.1. The van der Waals surface area contributed by atoms with Gasteiger partial charge in [0.25, 0.3) is 0 Å². The topological polar surface area (TPSA) is 18.8 Å². The van der Waals surface area contributed by atoms with E-state index in [9.17, 15) is 0 Å². The monoisotopic (exact) mass is 627 g/mol. The molecule has 3 nitrogen and oxygen atoms in total. The molecule has 0 bridgehead atoms. The number of benzene rings is 3. The maximum Gasteiger partial charge on any atom is 0.417 e. The van der Waals surface area contributed by atoms with Crippen molar-refractivity contribution in [3.63, 3.8) is 0 Å². The fourth-order valence-electron chi connectivity index (χ4n) is 10.1. The molecule has 0 radical (unpaired) electrons. The highest BCUT2D eigenvalue weighted by molar-refractivity contribution is 6.80. The van der Waals surface area contributed by atoms with Gasteiger partial charge in [0.15, 0.2) is 5.96 Å². The molecule has 248 valence electrons. The minimum atomic E-state index is 0.218. The zero-order valence-electron chi connectivity index (χ0n) is 30.3. The molecule has 0 N–H and O–H groups in total. The van der Waals surface area contributed by atoms with Gasteiger partial charge in [0.1, 0.15) is 0 Å². The number of nitrogens with zero attached hydrogens (tertiary/aromatic N) is 3. The van der Waals surface area contributed by atoms with Crippen LogP contribution in [0.2, 0.25) is 0 Å². The average molecular weight is 628 g/mol. The smallest absolute Gasteiger partial charge is 0.361 e. The predicted octanol–water partition coefficient (Wildman–Crippen LogP) is 10.5. The fourth-order valence-corrected chi connectivity index (χ4v) is 10.1. The molecule has 0 atom stereocenters. The van der Waals surface area contributed by atoms with E-state index >= 15 is 0 Å². The van der Waals surface area contributed by atoms with Gasteiger partial charge in [-0.25, -0.2) is 0 Å². The second kappa shape index (κ2) is 13.8. The summed E-state index contributed by atoms with van der Waals surface area (Å²) >= 11 is 0. The van der Waals surface area contributed by atoms with Crippen LogP contribution in [0, 0.1) is 41.5 Å². The molecule has 47 heavy (non-hydrogen) atoms. The van der Waals surface area contributed by atoms with Gasteiger partial charge in [0.05, 0.1) is 6.04 Å². The Hall–Kier alpha value is -3.01. The van der Waals surface area contributed by atoms with Gasteiger partial charge in [-0.2, -0.15) is 0 Å². The van der Waals surface area contributed by atoms with Crippen LogP contribution in [-0.2, 0) is 0 Å². The molecule has 0 unspecified atom stereocenters. The van der Waals surface area contributed by atoms with Crippen LogP contribution in [-0.4, -0.2) is 40.7 Å². The molecule has 0 spiro atoms. The molecule has 0 aromatic heterocycles. The third kappa shape index (κ3) is 6.31. The summed E-state index contributed by atoms with van der Waals surface area (Å²) in [4.78, 5) is 11.6. The minimum absolute atomic E-state index is 0.218. The molecule has 1 heterocycles. The van der Waals surface area contributed by atoms with E-state index in [1.54, 1.807) is 0 Å². The first kappa shape index (κ1) is 32.5. The lowest BCUT2D eigenvalue weighted by Crippen LogP contribution is -2.81. The Morgan fingerprint density at radius 2 is 0.915 bits per heavy atom. The quantitative estimate of drug-likeness (QED) is 0.253. The van der Waals surface area contributed by atoms with Crippen molar-refractivity contribution >= 4 is 18.4 Å². The van der Waals surface area contributed by atoms with Gasteiger partial charge < -0.3 is 9.62 Å². The van der Waals surface area contributed by atoms with Gasteiger partial charge in [-0.3, -0.25) is 4.99 Å². The first-order valence-electron chi connectivity index (χ1n) is 19.3. The Labute approximate surface area is 286 Å². The van der Waals surface area contributed by atoms with E-state index < -0.39 is 0 Å². The van der Waals surface area contributed by atoms with Crippen molar-refractivity contribution < 1.29 is 0 Å². The van der Waals surface area contributed by atoms with E-state index in [0.717, 1.165) is 0 Å². The second-order valence-corrected chi connectivity index (χ2v) is 15.8. The molecular formula is C43H58BN3. The predicted molar refractivity (Wildman–Crippen MR) is 203 cm³/mol. The largest absolute Gasteiger partial charge is 0.417 e. The number of aliphatic imine (C=N–C) groups is 1. The lowest BCUT2D eigenvalue weighted by Gasteiger charge is -2.60. The summed E-state index contributed by atoms with van der Waals surface area (Å²) in [5, 5.41) is 0. The van der Waals surface area contributed by atoms with Gasteiger partial charge in [0.2, 0.25) is 0 Å². The van der Waals surface area contributed by atoms with Gasteiger partial charge in [-0.05, 0) is 130 Å². The number of aryl methyl sites for hydroxylation is 6. The summed E-state index contributed by atoms with van der Waals surface area (Å²) < 4.78 is 0. The van der Waals surface area contributed by atoms with Crippen LogP contribution in [0.25, 0.3) is 22.3 Å². The summed E-state index contributed by atoms with van der Waals surface area (Å²) in [6.45, 7) is 14.1. The van der Waals surface area contributed by atoms with Gasteiger partial charge in [-0.1, -0.05) is 111 Å². The van der Waals surface area contributed by atoms with Crippen LogP contribution in [0.4, 0.5) is 0 Å². The molecule has 3 aromatic rings. The van der Waals surface area contributed by atoms with Gasteiger partial charge in [0, 0.05) is 12.1 Å². The number of guanidine groups is 1. The molecule has 3 aromatic carbocycles. The Morgan fingerprint density at radius 1 is 0.532 bits per heavy atom. The van der Waals surface area contributed by atoms with Crippen LogP contribution >= 0.6 is 0 Å². The Bertz CT molecular complexity index is 1470. The summed E-state index contributed by atoms with van der Waals surface area (Å²) in [5.41, 5.74) is 15.5. The summed E-state index contributed by atoms with van der Waals surface area (Å²) in [6.07, 6.45) is 19.9. The number of rotatable bonds is 6. The molecule has 1 aliphatic heterocycles. The van der Waals surface area contributed by atoms with Gasteiger partial charge in [-0.15, -0.1) is 0 Å². The highest BCUT2D eigenvalue weighted by Crippen LogP contribution is 2.41. The number of hydrogen-bond acceptors (Lipinski definition) is 1. The van der Waals surface area contributed by atoms with Crippen LogP contribution in [0.15, 0.2) is 47.5 Å². The van der Waals surface area contributed by atoms with E-state index in [0.29, 0.717) is 18.1 Å². The van der Waals surface area contributed by atoms with Crippen molar-refractivity contribution in [2.45, 2.75) is 156 Å². The van der Waals surface area contributed by atoms with E-state index in [1.165, 1.54) is 163 Å². The van der Waals surface area contributed by atoms with Crippen molar-refractivity contribution in [2.24, 2.45) is 4.99 Å². The Kier molecular flexibility index (Phi) is 9.59. The minimum Gasteiger partial charge on any atom is -0.361 e. The van der Waals surface area contributed by atoms with Crippen molar-refractivity contribution in [2.75, 3.05) is 0 Å². The third-order valence-corrected chi connectivity index (χ3v) is 12.1. The molecule has 3 saturated carbocycles. The van der Waals surface area contributed by atoms with Crippen molar-refractivity contribution in [3.8, 4) is 22.3 Å². The van der Waals surface area contributed by atoms with Crippen molar-refractivity contribution in [3.05, 3.63) is 75.8 Å². The van der Waals surface area contributed by atoms with Gasteiger partial charge >= 0.3 is 6.98 Å². The Balaban J connectivity index is 1.50. The van der Waals surface area contributed by atoms with E-state index in [-0.39, 0.29) is 6.98 Å². The van der Waals surface area contributed by atoms with E-state index in [1.807, 2.05) is 0 Å². The summed E-state index contributed by atoms with van der Waals surface area (Å²) in [5.74, 6) is 1.36. The molecular weight excluding hydrogens is 569 g/mol. The zero-order valence-corrected chi connectivity index (χ0v) is 30.3. The number of hydrogen-bond donors (Lipinski definition) is 0. The molecule has 4 heteroatoms.